The molecule has 102 valence electrons. The van der Waals surface area contributed by atoms with Crippen LogP contribution in [-0.4, -0.2) is 17.6 Å². The summed E-state index contributed by atoms with van der Waals surface area (Å²) in [4.78, 5) is 16.7. The van der Waals surface area contributed by atoms with E-state index in [1.165, 1.54) is 0 Å². The molecule has 0 fully saturated rings. The highest BCUT2D eigenvalue weighted by Crippen LogP contribution is 2.33. The molecule has 0 radical (unpaired) electrons. The molecule has 0 saturated heterocycles. The van der Waals surface area contributed by atoms with Crippen molar-refractivity contribution >= 4 is 43.5 Å². The highest BCUT2D eigenvalue weighted by Gasteiger charge is 2.28. The van der Waals surface area contributed by atoms with Gasteiger partial charge >= 0.3 is 5.97 Å². The summed E-state index contributed by atoms with van der Waals surface area (Å²) >= 11 is 5.00. The van der Waals surface area contributed by atoms with Crippen molar-refractivity contribution < 1.29 is 9.53 Å². The first-order valence-corrected chi connectivity index (χ1v) is 7.86. The lowest BCUT2D eigenvalue weighted by Crippen LogP contribution is -2.20. The maximum absolute atomic E-state index is 12.1. The molecular formula is C14H16BrNO2S. The third kappa shape index (κ3) is 3.15. The van der Waals surface area contributed by atoms with Gasteiger partial charge in [-0.05, 0) is 31.0 Å². The van der Waals surface area contributed by atoms with Crippen LogP contribution in [0.3, 0.4) is 0 Å². The van der Waals surface area contributed by atoms with E-state index in [2.05, 4.69) is 20.9 Å². The number of hydrogen-bond acceptors (Lipinski definition) is 4. The van der Waals surface area contributed by atoms with Crippen LogP contribution in [0.15, 0.2) is 22.7 Å². The Morgan fingerprint density at radius 1 is 1.47 bits per heavy atom. The Morgan fingerprint density at radius 3 is 2.84 bits per heavy atom. The van der Waals surface area contributed by atoms with Crippen LogP contribution in [0.25, 0.3) is 10.2 Å². The molecule has 1 atom stereocenters. The molecule has 0 aliphatic heterocycles. The molecule has 1 aromatic heterocycles. The number of carbonyl (C=O) groups excluding carboxylic acids is 1. The number of rotatable bonds is 4. The molecule has 0 bridgehead atoms. The van der Waals surface area contributed by atoms with E-state index in [4.69, 9.17) is 4.74 Å². The fourth-order valence-electron chi connectivity index (χ4n) is 1.94. The van der Waals surface area contributed by atoms with Crippen molar-refractivity contribution in [3.8, 4) is 0 Å². The standard InChI is InChI=1S/C14H16BrNO2S/c1-4-18-14(17)12(8(2)3)13-16-10-7-9(15)5-6-11(10)19-13/h5-8,12H,4H2,1-3H3. The number of benzene rings is 1. The molecule has 0 amide bonds. The molecule has 0 aliphatic carbocycles. The number of esters is 1. The van der Waals surface area contributed by atoms with Crippen LogP contribution in [0.2, 0.25) is 0 Å². The van der Waals surface area contributed by atoms with Gasteiger partial charge in [0.1, 0.15) is 10.9 Å². The van der Waals surface area contributed by atoms with Crippen molar-refractivity contribution in [1.82, 2.24) is 4.98 Å². The molecule has 2 aromatic rings. The van der Waals surface area contributed by atoms with Gasteiger partial charge in [-0.2, -0.15) is 0 Å². The summed E-state index contributed by atoms with van der Waals surface area (Å²) < 4.78 is 7.24. The first-order valence-electron chi connectivity index (χ1n) is 6.25. The molecular weight excluding hydrogens is 326 g/mol. The van der Waals surface area contributed by atoms with Gasteiger partial charge in [-0.3, -0.25) is 4.79 Å². The average molecular weight is 342 g/mol. The van der Waals surface area contributed by atoms with Crippen LogP contribution in [0.4, 0.5) is 0 Å². The Kier molecular flexibility index (Phi) is 4.58. The monoisotopic (exact) mass is 341 g/mol. The normalized spacial score (nSPS) is 12.9. The van der Waals surface area contributed by atoms with Crippen LogP contribution >= 0.6 is 27.3 Å². The Morgan fingerprint density at radius 2 is 2.21 bits per heavy atom. The zero-order valence-corrected chi connectivity index (χ0v) is 13.5. The number of nitrogens with zero attached hydrogens (tertiary/aromatic N) is 1. The van der Waals surface area contributed by atoms with Gasteiger partial charge in [-0.25, -0.2) is 4.98 Å². The second-order valence-corrected chi connectivity index (χ2v) is 6.62. The van der Waals surface area contributed by atoms with Crippen LogP contribution in [0.1, 0.15) is 31.7 Å². The van der Waals surface area contributed by atoms with Crippen molar-refractivity contribution in [3.05, 3.63) is 27.7 Å². The summed E-state index contributed by atoms with van der Waals surface area (Å²) in [5.74, 6) is -0.296. The summed E-state index contributed by atoms with van der Waals surface area (Å²) in [5, 5.41) is 0.835. The van der Waals surface area contributed by atoms with Crippen LogP contribution in [0.5, 0.6) is 0 Å². The zero-order valence-electron chi connectivity index (χ0n) is 11.1. The topological polar surface area (TPSA) is 39.2 Å². The minimum Gasteiger partial charge on any atom is -0.465 e. The molecule has 5 heteroatoms. The maximum Gasteiger partial charge on any atom is 0.316 e. The van der Waals surface area contributed by atoms with E-state index in [0.717, 1.165) is 19.7 Å². The average Bonchev–Trinajstić information content (AvgIpc) is 2.71. The molecule has 19 heavy (non-hydrogen) atoms. The molecule has 0 N–H and O–H groups in total. The molecule has 1 unspecified atom stereocenters. The lowest BCUT2D eigenvalue weighted by Gasteiger charge is -2.16. The molecule has 1 aromatic carbocycles. The number of aromatic nitrogens is 1. The highest BCUT2D eigenvalue weighted by atomic mass is 79.9. The van der Waals surface area contributed by atoms with Crippen molar-refractivity contribution in [3.63, 3.8) is 0 Å². The number of carbonyl (C=O) groups is 1. The number of hydrogen-bond donors (Lipinski definition) is 0. The fourth-order valence-corrected chi connectivity index (χ4v) is 3.50. The van der Waals surface area contributed by atoms with Gasteiger partial charge in [0.2, 0.25) is 0 Å². The second kappa shape index (κ2) is 6.01. The molecule has 2 rings (SSSR count). The summed E-state index contributed by atoms with van der Waals surface area (Å²) in [6.45, 7) is 6.26. The Balaban J connectivity index is 2.41. The van der Waals surface area contributed by atoms with Gasteiger partial charge in [0.15, 0.2) is 0 Å². The molecule has 0 saturated carbocycles. The highest BCUT2D eigenvalue weighted by molar-refractivity contribution is 9.10. The maximum atomic E-state index is 12.1. The minimum absolute atomic E-state index is 0.169. The fraction of sp³-hybridized carbons (Fsp3) is 0.429. The van der Waals surface area contributed by atoms with Crippen molar-refractivity contribution in [2.24, 2.45) is 5.92 Å². The number of halogens is 1. The zero-order chi connectivity index (χ0) is 14.0. The van der Waals surface area contributed by atoms with E-state index < -0.39 is 0 Å². The smallest absolute Gasteiger partial charge is 0.316 e. The minimum atomic E-state index is -0.281. The summed E-state index contributed by atoms with van der Waals surface area (Å²) in [6, 6.07) is 5.97. The Labute approximate surface area is 125 Å². The summed E-state index contributed by atoms with van der Waals surface area (Å²) in [6.07, 6.45) is 0. The van der Waals surface area contributed by atoms with Crippen molar-refractivity contribution in [2.45, 2.75) is 26.7 Å². The van der Waals surface area contributed by atoms with E-state index in [0.29, 0.717) is 6.61 Å². The van der Waals surface area contributed by atoms with Crippen molar-refractivity contribution in [1.29, 1.82) is 0 Å². The molecule has 3 nitrogen and oxygen atoms in total. The van der Waals surface area contributed by atoms with Gasteiger partial charge in [0, 0.05) is 4.47 Å². The quantitative estimate of drug-likeness (QED) is 0.775. The van der Waals surface area contributed by atoms with Crippen LogP contribution in [-0.2, 0) is 9.53 Å². The van der Waals surface area contributed by atoms with E-state index >= 15 is 0 Å². The van der Waals surface area contributed by atoms with E-state index in [1.807, 2.05) is 39.0 Å². The first kappa shape index (κ1) is 14.5. The predicted octanol–water partition coefficient (Wildman–Crippen LogP) is 4.36. The molecule has 1 heterocycles. The molecule has 0 spiro atoms. The van der Waals surface area contributed by atoms with Gasteiger partial charge < -0.3 is 4.74 Å². The lowest BCUT2D eigenvalue weighted by atomic mass is 9.97. The van der Waals surface area contributed by atoms with Crippen molar-refractivity contribution in [2.75, 3.05) is 6.61 Å². The number of thiazole rings is 1. The van der Waals surface area contributed by atoms with E-state index in [-0.39, 0.29) is 17.8 Å². The number of fused-ring (bicyclic) bond motifs is 1. The van der Waals surface area contributed by atoms with E-state index in [1.54, 1.807) is 11.3 Å². The number of ether oxygens (including phenoxy) is 1. The van der Waals surface area contributed by atoms with Gasteiger partial charge in [-0.15, -0.1) is 11.3 Å². The second-order valence-electron chi connectivity index (χ2n) is 4.64. The third-order valence-electron chi connectivity index (χ3n) is 2.84. The Hall–Kier alpha value is -0.940. The Bertz CT molecular complexity index is 594. The molecule has 0 aliphatic rings. The largest absolute Gasteiger partial charge is 0.465 e. The van der Waals surface area contributed by atoms with Gasteiger partial charge in [0.25, 0.3) is 0 Å². The SMILES string of the molecule is CCOC(=O)C(c1nc2cc(Br)ccc2s1)C(C)C. The third-order valence-corrected chi connectivity index (χ3v) is 4.45. The van der Waals surface area contributed by atoms with Crippen LogP contribution < -0.4 is 0 Å². The van der Waals surface area contributed by atoms with Gasteiger partial charge in [0.05, 0.1) is 16.8 Å². The lowest BCUT2D eigenvalue weighted by molar-refractivity contribution is -0.146. The predicted molar refractivity (Wildman–Crippen MR) is 81.5 cm³/mol. The summed E-state index contributed by atoms with van der Waals surface area (Å²) in [7, 11) is 0. The first-order chi connectivity index (χ1) is 9.02. The van der Waals surface area contributed by atoms with Gasteiger partial charge in [-0.1, -0.05) is 29.8 Å². The van der Waals surface area contributed by atoms with E-state index in [9.17, 15) is 4.79 Å². The van der Waals surface area contributed by atoms with Crippen LogP contribution in [0, 0.1) is 5.92 Å². The summed E-state index contributed by atoms with van der Waals surface area (Å²) in [5.41, 5.74) is 0.921.